The smallest absolute Gasteiger partial charge is 0.263 e. The van der Waals surface area contributed by atoms with E-state index >= 15 is 0 Å². The van der Waals surface area contributed by atoms with Gasteiger partial charge >= 0.3 is 0 Å². The fraction of sp³-hybridized carbons (Fsp3) is 0.429. The number of hydrogen-bond donors (Lipinski definition) is 2. The minimum Gasteiger partial charge on any atom is -0.496 e. The van der Waals surface area contributed by atoms with Crippen molar-refractivity contribution >= 4 is 16.9 Å². The molecule has 102 valence electrons. The number of hydrogen-bond acceptors (Lipinski definition) is 4. The Morgan fingerprint density at radius 1 is 1.37 bits per heavy atom. The van der Waals surface area contributed by atoms with Crippen LogP contribution in [0.2, 0.25) is 0 Å². The number of methoxy groups -OCH3 is 1. The predicted octanol–water partition coefficient (Wildman–Crippen LogP) is 2.53. The molecule has 0 spiro atoms. The summed E-state index contributed by atoms with van der Waals surface area (Å²) in [5.41, 5.74) is 0.451. The summed E-state index contributed by atoms with van der Waals surface area (Å²) in [6.07, 6.45) is 1.96. The summed E-state index contributed by atoms with van der Waals surface area (Å²) in [7, 11) is 1.55. The Hall–Kier alpha value is -2.04. The predicted molar refractivity (Wildman–Crippen MR) is 76.9 cm³/mol. The average Bonchev–Trinajstić information content (AvgIpc) is 2.43. The number of aromatic amines is 1. The molecule has 0 bridgehead atoms. The minimum absolute atomic E-state index is 0.184. The van der Waals surface area contributed by atoms with E-state index in [-0.39, 0.29) is 5.56 Å². The molecule has 1 aromatic carbocycles. The Kier molecular flexibility index (Phi) is 4.04. The molecule has 0 aliphatic heterocycles. The number of fused-ring (bicyclic) bond motifs is 1. The fourth-order valence-electron chi connectivity index (χ4n) is 2.08. The van der Waals surface area contributed by atoms with Gasteiger partial charge in [0, 0.05) is 6.04 Å². The molecular formula is C14H19N3O2. The first-order valence-corrected chi connectivity index (χ1v) is 6.53. The largest absolute Gasteiger partial charge is 0.496 e. The zero-order chi connectivity index (χ0) is 13.8. The monoisotopic (exact) mass is 261 g/mol. The summed E-state index contributed by atoms with van der Waals surface area (Å²) < 4.78 is 5.19. The van der Waals surface area contributed by atoms with Crippen LogP contribution in [0.3, 0.4) is 0 Å². The third kappa shape index (κ3) is 2.70. The van der Waals surface area contributed by atoms with Gasteiger partial charge in [-0.3, -0.25) is 9.78 Å². The normalized spacial score (nSPS) is 10.9. The maximum Gasteiger partial charge on any atom is 0.263 e. The van der Waals surface area contributed by atoms with Crippen LogP contribution in [-0.2, 0) is 0 Å². The van der Waals surface area contributed by atoms with Gasteiger partial charge in [-0.05, 0) is 25.0 Å². The van der Waals surface area contributed by atoms with Crippen LogP contribution in [0.1, 0.15) is 26.7 Å². The summed E-state index contributed by atoms with van der Waals surface area (Å²) >= 11 is 0. The number of nitrogens with zero attached hydrogens (tertiary/aromatic N) is 1. The van der Waals surface area contributed by atoms with Gasteiger partial charge in [-0.1, -0.05) is 19.9 Å². The van der Waals surface area contributed by atoms with Gasteiger partial charge in [0.05, 0.1) is 12.6 Å². The van der Waals surface area contributed by atoms with Gasteiger partial charge in [0.15, 0.2) is 0 Å². The zero-order valence-corrected chi connectivity index (χ0v) is 11.5. The number of anilines is 1. The quantitative estimate of drug-likeness (QED) is 0.868. The van der Waals surface area contributed by atoms with Crippen molar-refractivity contribution in [3.05, 3.63) is 28.6 Å². The van der Waals surface area contributed by atoms with Gasteiger partial charge in [0.1, 0.15) is 11.1 Å². The lowest BCUT2D eigenvalue weighted by Crippen LogP contribution is -2.21. The Labute approximate surface area is 112 Å². The maximum absolute atomic E-state index is 12.1. The van der Waals surface area contributed by atoms with E-state index in [9.17, 15) is 4.79 Å². The van der Waals surface area contributed by atoms with Crippen LogP contribution >= 0.6 is 0 Å². The third-order valence-electron chi connectivity index (χ3n) is 3.24. The van der Waals surface area contributed by atoms with Gasteiger partial charge in [-0.2, -0.15) is 0 Å². The van der Waals surface area contributed by atoms with E-state index in [0.29, 0.717) is 28.6 Å². The molecule has 0 atom stereocenters. The minimum atomic E-state index is -0.184. The molecule has 5 heteroatoms. The molecule has 0 unspecified atom stereocenters. The van der Waals surface area contributed by atoms with E-state index in [4.69, 9.17) is 4.74 Å². The van der Waals surface area contributed by atoms with Crippen LogP contribution in [0.5, 0.6) is 5.75 Å². The molecule has 2 aromatic rings. The average molecular weight is 261 g/mol. The highest BCUT2D eigenvalue weighted by Crippen LogP contribution is 2.21. The standard InChI is InChI=1S/C14H19N3O2/c1-4-9(5-2)15-14-16-10-7-6-8-11(19-3)12(10)13(18)17-14/h6-9H,4-5H2,1-3H3,(H2,15,16,17,18). The molecule has 0 saturated carbocycles. The second-order valence-corrected chi connectivity index (χ2v) is 4.43. The van der Waals surface area contributed by atoms with Crippen molar-refractivity contribution < 1.29 is 4.74 Å². The molecule has 5 nitrogen and oxygen atoms in total. The molecule has 0 aliphatic rings. The van der Waals surface area contributed by atoms with Crippen LogP contribution in [0.15, 0.2) is 23.0 Å². The molecular weight excluding hydrogens is 242 g/mol. The molecule has 0 fully saturated rings. The van der Waals surface area contributed by atoms with Crippen molar-refractivity contribution in [2.45, 2.75) is 32.7 Å². The SMILES string of the molecule is CCC(CC)Nc1nc2cccc(OC)c2c(=O)[nH]1. The molecule has 19 heavy (non-hydrogen) atoms. The molecule has 1 heterocycles. The number of H-pyrrole nitrogens is 1. The number of benzene rings is 1. The Morgan fingerprint density at radius 2 is 2.11 bits per heavy atom. The first-order chi connectivity index (χ1) is 9.19. The Balaban J connectivity index is 2.48. The molecule has 0 saturated heterocycles. The van der Waals surface area contributed by atoms with Crippen LogP contribution in [0.4, 0.5) is 5.95 Å². The highest BCUT2D eigenvalue weighted by atomic mass is 16.5. The van der Waals surface area contributed by atoms with Crippen LogP contribution in [-0.4, -0.2) is 23.1 Å². The summed E-state index contributed by atoms with van der Waals surface area (Å²) in [5, 5.41) is 3.73. The number of ether oxygens (including phenoxy) is 1. The van der Waals surface area contributed by atoms with Crippen molar-refractivity contribution in [2.75, 3.05) is 12.4 Å². The van der Waals surface area contributed by atoms with Crippen LogP contribution in [0.25, 0.3) is 10.9 Å². The second kappa shape index (κ2) is 5.73. The Bertz CT molecular complexity index is 618. The van der Waals surface area contributed by atoms with E-state index in [1.807, 2.05) is 12.1 Å². The maximum atomic E-state index is 12.1. The van der Waals surface area contributed by atoms with Gasteiger partial charge in [-0.15, -0.1) is 0 Å². The lowest BCUT2D eigenvalue weighted by Gasteiger charge is -2.15. The summed E-state index contributed by atoms with van der Waals surface area (Å²) in [5.74, 6) is 1.06. The van der Waals surface area contributed by atoms with Crippen molar-refractivity contribution in [3.63, 3.8) is 0 Å². The van der Waals surface area contributed by atoms with Crippen LogP contribution in [0, 0.1) is 0 Å². The van der Waals surface area contributed by atoms with E-state index in [0.717, 1.165) is 12.8 Å². The van der Waals surface area contributed by atoms with Crippen molar-refractivity contribution in [3.8, 4) is 5.75 Å². The summed E-state index contributed by atoms with van der Waals surface area (Å²) in [6.45, 7) is 4.20. The highest BCUT2D eigenvalue weighted by Gasteiger charge is 2.10. The zero-order valence-electron chi connectivity index (χ0n) is 11.5. The second-order valence-electron chi connectivity index (χ2n) is 4.43. The number of rotatable bonds is 5. The lowest BCUT2D eigenvalue weighted by atomic mass is 10.2. The molecule has 0 radical (unpaired) electrons. The van der Waals surface area contributed by atoms with E-state index in [1.165, 1.54) is 0 Å². The van der Waals surface area contributed by atoms with Gasteiger partial charge in [-0.25, -0.2) is 4.98 Å². The molecule has 2 N–H and O–H groups in total. The molecule has 0 aliphatic carbocycles. The molecule has 2 rings (SSSR count). The van der Waals surface area contributed by atoms with E-state index in [1.54, 1.807) is 13.2 Å². The van der Waals surface area contributed by atoms with Crippen molar-refractivity contribution in [2.24, 2.45) is 0 Å². The lowest BCUT2D eigenvalue weighted by molar-refractivity contribution is 0.419. The van der Waals surface area contributed by atoms with E-state index in [2.05, 4.69) is 29.1 Å². The highest BCUT2D eigenvalue weighted by molar-refractivity contribution is 5.84. The molecule has 0 amide bonds. The number of aromatic nitrogens is 2. The fourth-order valence-corrected chi connectivity index (χ4v) is 2.08. The third-order valence-corrected chi connectivity index (χ3v) is 3.24. The topological polar surface area (TPSA) is 67.0 Å². The first kappa shape index (κ1) is 13.4. The van der Waals surface area contributed by atoms with Crippen molar-refractivity contribution in [1.29, 1.82) is 0 Å². The van der Waals surface area contributed by atoms with Crippen LogP contribution < -0.4 is 15.6 Å². The Morgan fingerprint density at radius 3 is 2.74 bits per heavy atom. The van der Waals surface area contributed by atoms with E-state index < -0.39 is 0 Å². The summed E-state index contributed by atoms with van der Waals surface area (Å²) in [4.78, 5) is 19.3. The van der Waals surface area contributed by atoms with Crippen molar-refractivity contribution in [1.82, 2.24) is 9.97 Å². The molecule has 1 aromatic heterocycles. The van der Waals surface area contributed by atoms with Gasteiger partial charge in [0.25, 0.3) is 5.56 Å². The van der Waals surface area contributed by atoms with Gasteiger partial charge < -0.3 is 10.1 Å². The van der Waals surface area contributed by atoms with Gasteiger partial charge in [0.2, 0.25) is 5.95 Å². The summed E-state index contributed by atoms with van der Waals surface area (Å²) in [6, 6.07) is 5.71. The first-order valence-electron chi connectivity index (χ1n) is 6.53. The number of nitrogens with one attached hydrogen (secondary N) is 2.